The maximum absolute atomic E-state index is 13.2. The molecule has 0 spiro atoms. The third kappa shape index (κ3) is 4.27. The number of rotatable bonds is 6. The van der Waals surface area contributed by atoms with Gasteiger partial charge in [-0.3, -0.25) is 4.79 Å². The van der Waals surface area contributed by atoms with Crippen LogP contribution in [0.2, 0.25) is 10.0 Å². The van der Waals surface area contributed by atoms with Crippen molar-refractivity contribution < 1.29 is 4.79 Å². The summed E-state index contributed by atoms with van der Waals surface area (Å²) in [4.78, 5) is 17.8. The first-order valence-electron chi connectivity index (χ1n) is 9.90. The molecule has 3 aromatic rings. The third-order valence-corrected chi connectivity index (χ3v) is 6.06. The molecular formula is C23H22Cl2N4O. The van der Waals surface area contributed by atoms with E-state index in [0.717, 1.165) is 29.9 Å². The molecular weight excluding hydrogens is 419 g/mol. The molecule has 2 aromatic carbocycles. The van der Waals surface area contributed by atoms with Crippen LogP contribution in [0.15, 0.2) is 65.8 Å². The largest absolute Gasteiger partial charge is 0.355 e. The number of carbonyl (C=O) groups is 1. The summed E-state index contributed by atoms with van der Waals surface area (Å²) in [6.07, 6.45) is 3.47. The van der Waals surface area contributed by atoms with Crippen LogP contribution >= 0.6 is 23.2 Å². The molecule has 5 nitrogen and oxygen atoms in total. The van der Waals surface area contributed by atoms with Crippen molar-refractivity contribution in [1.82, 2.24) is 15.1 Å². The van der Waals surface area contributed by atoms with Crippen molar-refractivity contribution in [2.75, 3.05) is 6.54 Å². The highest BCUT2D eigenvalue weighted by Crippen LogP contribution is 2.38. The maximum Gasteiger partial charge on any atom is 0.231 e. The van der Waals surface area contributed by atoms with Gasteiger partial charge >= 0.3 is 0 Å². The van der Waals surface area contributed by atoms with Crippen LogP contribution < -0.4 is 5.32 Å². The lowest BCUT2D eigenvalue weighted by atomic mass is 9.87. The van der Waals surface area contributed by atoms with Crippen molar-refractivity contribution in [1.29, 1.82) is 0 Å². The lowest BCUT2D eigenvalue weighted by Crippen LogP contribution is -2.42. The van der Waals surface area contributed by atoms with E-state index < -0.39 is 5.92 Å². The minimum atomic E-state index is -0.480. The molecule has 0 aliphatic carbocycles. The number of amides is 1. The van der Waals surface area contributed by atoms with Gasteiger partial charge in [0.1, 0.15) is 5.92 Å². The fourth-order valence-corrected chi connectivity index (χ4v) is 4.16. The van der Waals surface area contributed by atoms with Gasteiger partial charge < -0.3 is 5.32 Å². The van der Waals surface area contributed by atoms with E-state index in [4.69, 9.17) is 23.2 Å². The first-order valence-corrected chi connectivity index (χ1v) is 10.7. The number of carbonyl (C=O) groups excluding carboxylic acids is 1. The van der Waals surface area contributed by atoms with Crippen LogP contribution in [-0.2, 0) is 11.2 Å². The van der Waals surface area contributed by atoms with E-state index >= 15 is 0 Å². The predicted molar refractivity (Wildman–Crippen MR) is 121 cm³/mol. The molecule has 0 radical (unpaired) electrons. The van der Waals surface area contributed by atoms with Crippen molar-refractivity contribution in [3.05, 3.63) is 82.0 Å². The molecule has 1 N–H and O–H groups in total. The lowest BCUT2D eigenvalue weighted by Gasteiger charge is -2.31. The highest BCUT2D eigenvalue weighted by atomic mass is 35.5. The Bertz CT molecular complexity index is 1080. The van der Waals surface area contributed by atoms with Gasteiger partial charge in [0, 0.05) is 18.3 Å². The van der Waals surface area contributed by atoms with Crippen molar-refractivity contribution in [3.8, 4) is 0 Å². The van der Waals surface area contributed by atoms with E-state index in [1.54, 1.807) is 23.0 Å². The Morgan fingerprint density at radius 2 is 1.90 bits per heavy atom. The van der Waals surface area contributed by atoms with Crippen molar-refractivity contribution >= 4 is 40.6 Å². The highest BCUT2D eigenvalue weighted by Gasteiger charge is 2.38. The van der Waals surface area contributed by atoms with Gasteiger partial charge in [-0.2, -0.15) is 5.10 Å². The van der Waals surface area contributed by atoms with Crippen LogP contribution in [-0.4, -0.2) is 27.9 Å². The van der Waals surface area contributed by atoms with E-state index in [0.29, 0.717) is 16.6 Å². The Labute approximate surface area is 185 Å². The second kappa shape index (κ2) is 9.02. The standard InChI is InChI=1S/C23H22Cl2N4O/c1-15-21(23(30)26-12-5-8-16-6-3-2-4-7-16)22(29-20(28-15)11-13-27-29)17-9-10-18(24)19(25)14-17/h2-4,6-7,9-11,13-14,21-22H,5,8,12H2,1H3,(H,26,30). The smallest absolute Gasteiger partial charge is 0.231 e. The molecule has 2 unspecified atom stereocenters. The molecule has 1 aliphatic rings. The van der Waals surface area contributed by atoms with Gasteiger partial charge in [-0.25, -0.2) is 9.67 Å². The van der Waals surface area contributed by atoms with Crippen LogP contribution in [0.25, 0.3) is 0 Å². The maximum atomic E-state index is 13.2. The monoisotopic (exact) mass is 440 g/mol. The van der Waals surface area contributed by atoms with E-state index in [2.05, 4.69) is 27.5 Å². The summed E-state index contributed by atoms with van der Waals surface area (Å²) >= 11 is 12.4. The molecule has 30 heavy (non-hydrogen) atoms. The molecule has 2 atom stereocenters. The fourth-order valence-electron chi connectivity index (χ4n) is 3.85. The van der Waals surface area contributed by atoms with Crippen LogP contribution in [0.4, 0.5) is 5.82 Å². The summed E-state index contributed by atoms with van der Waals surface area (Å²) in [5, 5.41) is 8.43. The van der Waals surface area contributed by atoms with E-state index in [1.807, 2.05) is 37.3 Å². The molecule has 0 bridgehead atoms. The molecule has 154 valence electrons. The minimum Gasteiger partial charge on any atom is -0.355 e. The summed E-state index contributed by atoms with van der Waals surface area (Å²) in [7, 11) is 0. The SMILES string of the molecule is CC1=Nc2ccnn2C(c2ccc(Cl)c(Cl)c2)C1C(=O)NCCCc1ccccc1. The summed E-state index contributed by atoms with van der Waals surface area (Å²) in [5.74, 6) is 0.171. The average molecular weight is 441 g/mol. The first kappa shape index (κ1) is 20.6. The highest BCUT2D eigenvalue weighted by molar-refractivity contribution is 6.42. The third-order valence-electron chi connectivity index (χ3n) is 5.32. The van der Waals surface area contributed by atoms with E-state index in [-0.39, 0.29) is 11.9 Å². The molecule has 0 fully saturated rings. The number of nitrogens with zero attached hydrogens (tertiary/aromatic N) is 3. The number of hydrogen-bond acceptors (Lipinski definition) is 3. The Kier molecular flexibility index (Phi) is 6.21. The lowest BCUT2D eigenvalue weighted by molar-refractivity contribution is -0.123. The molecule has 0 saturated heterocycles. The molecule has 1 amide bonds. The molecule has 7 heteroatoms. The Hall–Kier alpha value is -2.63. The Balaban J connectivity index is 1.53. The second-order valence-electron chi connectivity index (χ2n) is 7.36. The van der Waals surface area contributed by atoms with Gasteiger partial charge in [0.2, 0.25) is 5.91 Å². The van der Waals surface area contributed by atoms with Gasteiger partial charge in [0.05, 0.1) is 22.3 Å². The molecule has 0 saturated carbocycles. The van der Waals surface area contributed by atoms with Crippen LogP contribution in [0.1, 0.15) is 30.5 Å². The zero-order valence-corrected chi connectivity index (χ0v) is 18.1. The van der Waals surface area contributed by atoms with Crippen LogP contribution in [0, 0.1) is 5.92 Å². The number of halogens is 2. The normalized spacial score (nSPS) is 17.9. The number of hydrogen-bond donors (Lipinski definition) is 1. The Morgan fingerprint density at radius 3 is 2.67 bits per heavy atom. The van der Waals surface area contributed by atoms with E-state index in [1.165, 1.54) is 5.56 Å². The van der Waals surface area contributed by atoms with Gasteiger partial charge in [-0.05, 0) is 43.0 Å². The fraction of sp³-hybridized carbons (Fsp3) is 0.261. The van der Waals surface area contributed by atoms with Gasteiger partial charge in [-0.15, -0.1) is 0 Å². The van der Waals surface area contributed by atoms with Crippen LogP contribution in [0.3, 0.4) is 0 Å². The first-order chi connectivity index (χ1) is 14.5. The number of aliphatic imine (C=N–C) groups is 1. The predicted octanol–water partition coefficient (Wildman–Crippen LogP) is 5.25. The van der Waals surface area contributed by atoms with Crippen molar-refractivity contribution in [2.24, 2.45) is 10.9 Å². The summed E-state index contributed by atoms with van der Waals surface area (Å²) in [5.41, 5.74) is 2.88. The number of aryl methyl sites for hydroxylation is 1. The van der Waals surface area contributed by atoms with Gasteiger partial charge in [-0.1, -0.05) is 59.6 Å². The van der Waals surface area contributed by atoms with Crippen molar-refractivity contribution in [2.45, 2.75) is 25.8 Å². The minimum absolute atomic E-state index is 0.0680. The second-order valence-corrected chi connectivity index (χ2v) is 8.18. The summed E-state index contributed by atoms with van der Waals surface area (Å²) < 4.78 is 1.78. The zero-order chi connectivity index (χ0) is 21.1. The topological polar surface area (TPSA) is 59.3 Å². The van der Waals surface area contributed by atoms with Crippen molar-refractivity contribution in [3.63, 3.8) is 0 Å². The molecule has 1 aromatic heterocycles. The van der Waals surface area contributed by atoms with Gasteiger partial charge in [0.25, 0.3) is 0 Å². The number of nitrogens with one attached hydrogen (secondary N) is 1. The number of fused-ring (bicyclic) bond motifs is 1. The van der Waals surface area contributed by atoms with Gasteiger partial charge in [0.15, 0.2) is 5.82 Å². The number of benzene rings is 2. The summed E-state index contributed by atoms with van der Waals surface area (Å²) in [6.45, 7) is 2.48. The van der Waals surface area contributed by atoms with Crippen LogP contribution in [0.5, 0.6) is 0 Å². The summed E-state index contributed by atoms with van der Waals surface area (Å²) in [6, 6.07) is 17.2. The molecule has 4 rings (SSSR count). The zero-order valence-electron chi connectivity index (χ0n) is 16.6. The average Bonchev–Trinajstić information content (AvgIpc) is 3.21. The molecule has 2 heterocycles. The number of aromatic nitrogens is 2. The van der Waals surface area contributed by atoms with E-state index in [9.17, 15) is 4.79 Å². The Morgan fingerprint density at radius 1 is 1.10 bits per heavy atom. The quantitative estimate of drug-likeness (QED) is 0.531. The molecule has 1 aliphatic heterocycles.